The zero-order valence-electron chi connectivity index (χ0n) is 10.6. The van der Waals surface area contributed by atoms with Gasteiger partial charge in [-0.15, -0.1) is 0 Å². The summed E-state index contributed by atoms with van der Waals surface area (Å²) in [7, 11) is 0. The Morgan fingerprint density at radius 2 is 1.67 bits per heavy atom. The monoisotopic (exact) mass is 375 g/mol. The minimum atomic E-state index is 0.216. The van der Waals surface area contributed by atoms with Gasteiger partial charge in [-0.2, -0.15) is 0 Å². The fourth-order valence-corrected chi connectivity index (χ4v) is 2.25. The van der Waals surface area contributed by atoms with Crippen molar-refractivity contribution >= 4 is 4.02 Å². The van der Waals surface area contributed by atoms with Crippen molar-refractivity contribution in [2.45, 2.75) is 41.5 Å². The van der Waals surface area contributed by atoms with Crippen molar-refractivity contribution in [1.29, 1.82) is 0 Å². The van der Waals surface area contributed by atoms with E-state index in [1.54, 1.807) is 0 Å². The molecule has 84 valence electrons. The van der Waals surface area contributed by atoms with Crippen LogP contribution in [0.25, 0.3) is 0 Å². The van der Waals surface area contributed by atoms with Gasteiger partial charge >= 0.3 is 104 Å². The quantitative estimate of drug-likeness (QED) is 0.686. The van der Waals surface area contributed by atoms with Crippen LogP contribution in [0.4, 0.5) is 0 Å². The first kappa shape index (κ1) is 12.9. The Hall–Kier alpha value is -0.162. The SMILES string of the molecule is CC(C)(C)C=C1C=C(C(C)(C)C)N[C]1=[W]. The summed E-state index contributed by atoms with van der Waals surface area (Å²) in [6.07, 6.45) is 4.65. The average molecular weight is 375 g/mol. The third kappa shape index (κ3) is 3.72. The molecule has 0 aliphatic carbocycles. The molecular formula is C13H21NW. The molecule has 0 aromatic heterocycles. The Bertz CT molecular complexity index is 335. The molecular weight excluding hydrogens is 354 g/mol. The molecule has 0 saturated carbocycles. The van der Waals surface area contributed by atoms with E-state index < -0.39 is 0 Å². The van der Waals surface area contributed by atoms with Crippen LogP contribution in [0.15, 0.2) is 23.4 Å². The van der Waals surface area contributed by atoms with E-state index in [0.717, 1.165) is 0 Å². The minimum absolute atomic E-state index is 0.216. The molecule has 15 heavy (non-hydrogen) atoms. The average Bonchev–Trinajstić information content (AvgIpc) is 2.27. The summed E-state index contributed by atoms with van der Waals surface area (Å²) < 4.78 is 1.36. The van der Waals surface area contributed by atoms with E-state index in [1.807, 2.05) is 0 Å². The Labute approximate surface area is 104 Å². The van der Waals surface area contributed by atoms with Crippen LogP contribution in [0.2, 0.25) is 0 Å². The fraction of sp³-hybridized carbons (Fsp3) is 0.615. The summed E-state index contributed by atoms with van der Waals surface area (Å²) in [5, 5.41) is 3.51. The van der Waals surface area contributed by atoms with Crippen LogP contribution in [-0.2, 0) is 19.4 Å². The van der Waals surface area contributed by atoms with Gasteiger partial charge in [0.15, 0.2) is 0 Å². The van der Waals surface area contributed by atoms with Gasteiger partial charge in [0.2, 0.25) is 0 Å². The van der Waals surface area contributed by atoms with Gasteiger partial charge in [-0.1, -0.05) is 0 Å². The summed E-state index contributed by atoms with van der Waals surface area (Å²) in [6.45, 7) is 13.5. The standard InChI is InChI=1S/C13H21N.W/c1-12(2,3)8-10-7-11(14-9-10)13(4,5)6;/h7-8,14H,1-6H3;. The third-order valence-electron chi connectivity index (χ3n) is 2.21. The normalized spacial score (nSPS) is 20.5. The van der Waals surface area contributed by atoms with E-state index in [9.17, 15) is 0 Å². The maximum absolute atomic E-state index is 3.51. The number of hydrogen-bond donors (Lipinski definition) is 1. The molecule has 1 N–H and O–H groups in total. The Balaban J connectivity index is 3.01. The molecule has 0 amide bonds. The van der Waals surface area contributed by atoms with Crippen LogP contribution in [0.5, 0.6) is 0 Å². The number of nitrogens with one attached hydrogen (secondary N) is 1. The van der Waals surface area contributed by atoms with E-state index in [2.05, 4.69) is 59.0 Å². The molecule has 1 heterocycles. The maximum atomic E-state index is 3.51. The van der Waals surface area contributed by atoms with Gasteiger partial charge < -0.3 is 0 Å². The second kappa shape index (κ2) is 4.01. The second-order valence-electron chi connectivity index (χ2n) is 6.23. The molecule has 0 aromatic rings. The molecule has 2 heteroatoms. The molecule has 0 aromatic carbocycles. The molecule has 1 nitrogen and oxygen atoms in total. The van der Waals surface area contributed by atoms with Crippen LogP contribution in [0.3, 0.4) is 0 Å². The second-order valence-corrected chi connectivity index (χ2v) is 7.69. The van der Waals surface area contributed by atoms with Crippen molar-refractivity contribution in [2.24, 2.45) is 10.8 Å². The van der Waals surface area contributed by atoms with Gasteiger partial charge in [-0.3, -0.25) is 0 Å². The first-order chi connectivity index (χ1) is 6.59. The Kier molecular flexibility index (Phi) is 3.45. The summed E-state index contributed by atoms with van der Waals surface area (Å²) >= 11 is 1.51. The van der Waals surface area contributed by atoms with Gasteiger partial charge in [-0.25, -0.2) is 0 Å². The summed E-state index contributed by atoms with van der Waals surface area (Å²) in [5.41, 5.74) is 3.18. The molecule has 0 atom stereocenters. The molecule has 0 bridgehead atoms. The van der Waals surface area contributed by atoms with Crippen LogP contribution in [-0.4, -0.2) is 4.02 Å². The Morgan fingerprint density at radius 1 is 1.13 bits per heavy atom. The van der Waals surface area contributed by atoms with Crippen LogP contribution in [0.1, 0.15) is 41.5 Å². The molecule has 1 rings (SSSR count). The molecule has 0 fully saturated rings. The molecule has 1 aliphatic heterocycles. The van der Waals surface area contributed by atoms with Crippen molar-refractivity contribution in [3.05, 3.63) is 23.4 Å². The van der Waals surface area contributed by atoms with Gasteiger partial charge in [0.25, 0.3) is 0 Å². The first-order valence-electron chi connectivity index (χ1n) is 5.36. The van der Waals surface area contributed by atoms with Crippen LogP contribution >= 0.6 is 0 Å². The van der Waals surface area contributed by atoms with Crippen molar-refractivity contribution in [2.75, 3.05) is 0 Å². The third-order valence-corrected chi connectivity index (χ3v) is 3.42. The van der Waals surface area contributed by atoms with Gasteiger partial charge in [0.05, 0.1) is 0 Å². The molecule has 0 spiro atoms. The molecule has 0 radical (unpaired) electrons. The fourth-order valence-electron chi connectivity index (χ4n) is 1.43. The van der Waals surface area contributed by atoms with Crippen molar-refractivity contribution < 1.29 is 19.4 Å². The molecule has 0 saturated heterocycles. The van der Waals surface area contributed by atoms with E-state index >= 15 is 0 Å². The van der Waals surface area contributed by atoms with Crippen molar-refractivity contribution in [3.63, 3.8) is 0 Å². The zero-order valence-corrected chi connectivity index (χ0v) is 13.5. The number of allylic oxidation sites excluding steroid dienone is 2. The van der Waals surface area contributed by atoms with E-state index in [0.29, 0.717) is 0 Å². The van der Waals surface area contributed by atoms with Crippen molar-refractivity contribution in [1.82, 2.24) is 5.32 Å². The van der Waals surface area contributed by atoms with Gasteiger partial charge in [0.1, 0.15) is 0 Å². The predicted molar refractivity (Wildman–Crippen MR) is 63.2 cm³/mol. The van der Waals surface area contributed by atoms with Gasteiger partial charge in [0, 0.05) is 0 Å². The van der Waals surface area contributed by atoms with Crippen LogP contribution in [0, 0.1) is 10.8 Å². The number of hydrogen-bond acceptors (Lipinski definition) is 1. The summed E-state index contributed by atoms with van der Waals surface area (Å²) in [5.74, 6) is 0. The van der Waals surface area contributed by atoms with E-state index in [4.69, 9.17) is 0 Å². The number of rotatable bonds is 0. The first-order valence-corrected chi connectivity index (χ1v) is 6.83. The zero-order chi connectivity index (χ0) is 11.9. The van der Waals surface area contributed by atoms with E-state index in [1.165, 1.54) is 34.6 Å². The summed E-state index contributed by atoms with van der Waals surface area (Å²) in [6, 6.07) is 0. The van der Waals surface area contributed by atoms with E-state index in [-0.39, 0.29) is 10.8 Å². The Morgan fingerprint density at radius 3 is 2.00 bits per heavy atom. The van der Waals surface area contributed by atoms with Crippen molar-refractivity contribution in [3.8, 4) is 0 Å². The van der Waals surface area contributed by atoms with Gasteiger partial charge in [-0.05, 0) is 0 Å². The molecule has 1 aliphatic rings. The summed E-state index contributed by atoms with van der Waals surface area (Å²) in [4.78, 5) is 0. The van der Waals surface area contributed by atoms with Crippen LogP contribution < -0.4 is 5.32 Å². The topological polar surface area (TPSA) is 12.0 Å². The molecule has 0 unspecified atom stereocenters. The predicted octanol–water partition coefficient (Wildman–Crippen LogP) is 3.17.